The molecule has 0 radical (unpaired) electrons. The van der Waals surface area contributed by atoms with Gasteiger partial charge < -0.3 is 15.3 Å². The summed E-state index contributed by atoms with van der Waals surface area (Å²) in [5.74, 6) is -0.551. The molecule has 3 rings (SSSR count). The molecule has 0 bridgehead atoms. The van der Waals surface area contributed by atoms with Crippen molar-refractivity contribution < 1.29 is 19.1 Å². The molecule has 1 amide bonds. The molecular weight excluding hydrogens is 299 g/mol. The lowest BCUT2D eigenvalue weighted by molar-refractivity contribution is -0.138. The Hall–Kier alpha value is -1.95. The first-order valence-electron chi connectivity index (χ1n) is 8.04. The fraction of sp³-hybridized carbons (Fsp3) is 0.529. The van der Waals surface area contributed by atoms with E-state index in [1.165, 1.54) is 6.07 Å². The summed E-state index contributed by atoms with van der Waals surface area (Å²) >= 11 is 0. The number of Topliss-reactive ketones (excluding diaryl/α,β-unsaturated/α-hetero) is 1. The van der Waals surface area contributed by atoms with E-state index < -0.39 is 0 Å². The minimum Gasteiger partial charge on any atom is -0.393 e. The van der Waals surface area contributed by atoms with E-state index in [1.54, 1.807) is 12.1 Å². The van der Waals surface area contributed by atoms with Gasteiger partial charge in [-0.15, -0.1) is 0 Å². The average Bonchev–Trinajstić information content (AvgIpc) is 2.51. The van der Waals surface area contributed by atoms with Gasteiger partial charge in [0.2, 0.25) is 5.91 Å². The molecule has 1 aromatic rings. The smallest absolute Gasteiger partial charge is 0.224 e. The Bertz CT molecular complexity index is 604. The molecule has 0 unspecified atom stereocenters. The second kappa shape index (κ2) is 6.66. The fourth-order valence-corrected chi connectivity index (χ4v) is 3.03. The lowest BCUT2D eigenvalue weighted by Gasteiger charge is -2.31. The quantitative estimate of drug-likeness (QED) is 0.879. The topological polar surface area (TPSA) is 69.6 Å². The van der Waals surface area contributed by atoms with Crippen LogP contribution in [0.15, 0.2) is 18.2 Å². The maximum absolute atomic E-state index is 14.3. The Morgan fingerprint density at radius 3 is 2.61 bits per heavy atom. The molecule has 23 heavy (non-hydrogen) atoms. The largest absolute Gasteiger partial charge is 0.393 e. The number of halogens is 1. The molecule has 0 spiro atoms. The predicted molar refractivity (Wildman–Crippen MR) is 83.4 cm³/mol. The number of anilines is 1. The highest BCUT2D eigenvalue weighted by Gasteiger charge is 2.32. The highest BCUT2D eigenvalue weighted by Crippen LogP contribution is 2.25. The molecule has 124 valence electrons. The molecule has 2 aliphatic rings. The standard InChI is InChI=1S/C17H21FN2O3/c18-15-7-11(10-19-17(23)12-8-14(22)9-12)1-2-16(15)20-5-3-13(21)4-6-20/h1-2,7,12-13,21H,3-6,8-10H2,(H,19,23). The summed E-state index contributed by atoms with van der Waals surface area (Å²) in [4.78, 5) is 24.6. The van der Waals surface area contributed by atoms with Crippen LogP contribution in [0.5, 0.6) is 0 Å². The van der Waals surface area contributed by atoms with E-state index in [1.807, 2.05) is 4.90 Å². The minimum absolute atomic E-state index is 0.118. The third-order valence-corrected chi connectivity index (χ3v) is 4.60. The first kappa shape index (κ1) is 15.9. The molecule has 2 N–H and O–H groups in total. The molecule has 1 heterocycles. The fourth-order valence-electron chi connectivity index (χ4n) is 3.03. The van der Waals surface area contributed by atoms with Crippen molar-refractivity contribution >= 4 is 17.4 Å². The Labute approximate surface area is 134 Å². The number of ketones is 1. The minimum atomic E-state index is -0.313. The van der Waals surface area contributed by atoms with Crippen LogP contribution in [0.4, 0.5) is 10.1 Å². The normalized spacial score (nSPS) is 19.6. The summed E-state index contributed by atoms with van der Waals surface area (Å²) in [5.41, 5.74) is 1.24. The highest BCUT2D eigenvalue weighted by molar-refractivity contribution is 5.96. The van der Waals surface area contributed by atoms with Crippen LogP contribution >= 0.6 is 0 Å². The Kier molecular flexibility index (Phi) is 4.61. The highest BCUT2D eigenvalue weighted by atomic mass is 19.1. The molecule has 1 aromatic carbocycles. The van der Waals surface area contributed by atoms with Gasteiger partial charge in [0, 0.05) is 32.5 Å². The number of carbonyl (C=O) groups excluding carboxylic acids is 2. The van der Waals surface area contributed by atoms with Crippen molar-refractivity contribution in [2.45, 2.75) is 38.3 Å². The van der Waals surface area contributed by atoms with Crippen molar-refractivity contribution in [1.29, 1.82) is 0 Å². The number of amides is 1. The van der Waals surface area contributed by atoms with E-state index in [4.69, 9.17) is 0 Å². The van der Waals surface area contributed by atoms with Gasteiger partial charge in [-0.1, -0.05) is 6.07 Å². The van der Waals surface area contributed by atoms with Gasteiger partial charge in [-0.2, -0.15) is 0 Å². The van der Waals surface area contributed by atoms with Gasteiger partial charge in [-0.3, -0.25) is 9.59 Å². The number of piperidine rings is 1. The third-order valence-electron chi connectivity index (χ3n) is 4.60. The van der Waals surface area contributed by atoms with E-state index >= 15 is 0 Å². The lowest BCUT2D eigenvalue weighted by atomic mass is 9.83. The zero-order chi connectivity index (χ0) is 16.4. The SMILES string of the molecule is O=C1CC(C(=O)NCc2ccc(N3CCC(O)CC3)c(F)c2)C1. The van der Waals surface area contributed by atoms with Crippen molar-refractivity contribution in [3.63, 3.8) is 0 Å². The number of benzene rings is 1. The first-order valence-corrected chi connectivity index (χ1v) is 8.04. The maximum Gasteiger partial charge on any atom is 0.224 e. The van der Waals surface area contributed by atoms with Crippen molar-refractivity contribution in [3.8, 4) is 0 Å². The molecular formula is C17H21FN2O3. The van der Waals surface area contributed by atoms with E-state index in [0.29, 0.717) is 50.0 Å². The number of nitrogens with one attached hydrogen (secondary N) is 1. The summed E-state index contributed by atoms with van der Waals surface area (Å²) in [7, 11) is 0. The number of rotatable bonds is 4. The number of hydrogen-bond donors (Lipinski definition) is 2. The van der Waals surface area contributed by atoms with E-state index in [2.05, 4.69) is 5.32 Å². The number of nitrogens with zero attached hydrogens (tertiary/aromatic N) is 1. The maximum atomic E-state index is 14.3. The number of aliphatic hydroxyl groups excluding tert-OH is 1. The van der Waals surface area contributed by atoms with Crippen LogP contribution in [0.2, 0.25) is 0 Å². The molecule has 0 atom stereocenters. The van der Waals surface area contributed by atoms with Crippen molar-refractivity contribution in [3.05, 3.63) is 29.6 Å². The molecule has 1 saturated heterocycles. The second-order valence-corrected chi connectivity index (χ2v) is 6.37. The Balaban J connectivity index is 1.56. The molecule has 1 aliphatic carbocycles. The van der Waals surface area contributed by atoms with E-state index in [-0.39, 0.29) is 36.1 Å². The van der Waals surface area contributed by atoms with Crippen molar-refractivity contribution in [2.24, 2.45) is 5.92 Å². The monoisotopic (exact) mass is 320 g/mol. The van der Waals surface area contributed by atoms with Gasteiger partial charge in [-0.05, 0) is 30.5 Å². The van der Waals surface area contributed by atoms with Crippen LogP contribution < -0.4 is 10.2 Å². The zero-order valence-corrected chi connectivity index (χ0v) is 12.9. The van der Waals surface area contributed by atoms with Crippen molar-refractivity contribution in [1.82, 2.24) is 5.32 Å². The summed E-state index contributed by atoms with van der Waals surface area (Å²) in [6.45, 7) is 1.55. The van der Waals surface area contributed by atoms with Gasteiger partial charge in [0.15, 0.2) is 0 Å². The van der Waals surface area contributed by atoms with E-state index in [9.17, 15) is 19.1 Å². The molecule has 1 saturated carbocycles. The zero-order valence-electron chi connectivity index (χ0n) is 12.9. The first-order chi connectivity index (χ1) is 11.0. The molecule has 5 nitrogen and oxygen atoms in total. The third kappa shape index (κ3) is 3.69. The summed E-state index contributed by atoms with van der Waals surface area (Å²) in [5, 5.41) is 12.3. The summed E-state index contributed by atoms with van der Waals surface area (Å²) in [6.07, 6.45) is 1.65. The van der Waals surface area contributed by atoms with Gasteiger partial charge in [0.1, 0.15) is 11.6 Å². The second-order valence-electron chi connectivity index (χ2n) is 6.37. The van der Waals surface area contributed by atoms with Gasteiger partial charge in [0.05, 0.1) is 17.7 Å². The predicted octanol–water partition coefficient (Wildman–Crippen LogP) is 1.38. The lowest BCUT2D eigenvalue weighted by Crippen LogP contribution is -2.38. The average molecular weight is 320 g/mol. The number of carbonyl (C=O) groups is 2. The molecule has 6 heteroatoms. The van der Waals surface area contributed by atoms with Crippen LogP contribution in [0.25, 0.3) is 0 Å². The number of aliphatic hydroxyl groups is 1. The summed E-state index contributed by atoms with van der Waals surface area (Å²) in [6, 6.07) is 4.96. The number of hydrogen-bond acceptors (Lipinski definition) is 4. The Morgan fingerprint density at radius 2 is 2.00 bits per heavy atom. The summed E-state index contributed by atoms with van der Waals surface area (Å²) < 4.78 is 14.3. The van der Waals surface area contributed by atoms with Crippen LogP contribution in [0, 0.1) is 11.7 Å². The molecule has 0 aromatic heterocycles. The van der Waals surface area contributed by atoms with Crippen LogP contribution in [0.1, 0.15) is 31.2 Å². The van der Waals surface area contributed by atoms with Gasteiger partial charge in [-0.25, -0.2) is 4.39 Å². The van der Waals surface area contributed by atoms with Crippen LogP contribution in [-0.4, -0.2) is 36.0 Å². The van der Waals surface area contributed by atoms with Crippen LogP contribution in [-0.2, 0) is 16.1 Å². The van der Waals surface area contributed by atoms with Gasteiger partial charge >= 0.3 is 0 Å². The molecule has 2 fully saturated rings. The molecule has 1 aliphatic heterocycles. The van der Waals surface area contributed by atoms with E-state index in [0.717, 1.165) is 0 Å². The van der Waals surface area contributed by atoms with Gasteiger partial charge in [0.25, 0.3) is 0 Å². The van der Waals surface area contributed by atoms with Crippen molar-refractivity contribution in [2.75, 3.05) is 18.0 Å². The van der Waals surface area contributed by atoms with Crippen LogP contribution in [0.3, 0.4) is 0 Å². The Morgan fingerprint density at radius 1 is 1.30 bits per heavy atom.